The Morgan fingerprint density at radius 3 is 2.76 bits per heavy atom. The molecule has 1 aromatic rings. The van der Waals surface area contributed by atoms with Gasteiger partial charge in [-0.15, -0.1) is 10.2 Å². The highest BCUT2D eigenvalue weighted by Gasteiger charge is 2.28. The topological polar surface area (TPSA) is 60.0 Å². The Bertz CT molecular complexity index is 359. The fraction of sp³-hybridized carbons (Fsp3) is 0.818. The predicted octanol–water partition coefficient (Wildman–Crippen LogP) is 1.12. The molecule has 1 aliphatic rings. The summed E-state index contributed by atoms with van der Waals surface area (Å²) in [5.74, 6) is 2.02. The van der Waals surface area contributed by atoms with Gasteiger partial charge in [-0.3, -0.25) is 0 Å². The standard InChI is InChI=1S/C11H21N5S/c1-15(2)6-3-7-17-11-14-13-10(8-12)16(11)9-4-5-9/h9H,3-8,12H2,1-2H3. The van der Waals surface area contributed by atoms with E-state index < -0.39 is 0 Å². The van der Waals surface area contributed by atoms with Crippen molar-refractivity contribution in [1.29, 1.82) is 0 Å². The molecule has 1 heterocycles. The van der Waals surface area contributed by atoms with E-state index in [1.807, 2.05) is 0 Å². The summed E-state index contributed by atoms with van der Waals surface area (Å²) < 4.78 is 2.24. The number of aromatic nitrogens is 3. The van der Waals surface area contributed by atoms with Gasteiger partial charge in [0.1, 0.15) is 5.82 Å². The Morgan fingerprint density at radius 1 is 1.41 bits per heavy atom. The molecule has 0 unspecified atom stereocenters. The second-order valence-electron chi connectivity index (χ2n) is 4.71. The lowest BCUT2D eigenvalue weighted by Crippen LogP contribution is -2.13. The molecule has 0 bridgehead atoms. The molecule has 0 aromatic carbocycles. The molecule has 1 aromatic heterocycles. The van der Waals surface area contributed by atoms with Gasteiger partial charge in [0, 0.05) is 11.8 Å². The van der Waals surface area contributed by atoms with Crippen molar-refractivity contribution < 1.29 is 0 Å². The summed E-state index contributed by atoms with van der Waals surface area (Å²) in [5.41, 5.74) is 5.68. The van der Waals surface area contributed by atoms with Crippen molar-refractivity contribution in [2.75, 3.05) is 26.4 Å². The molecule has 2 rings (SSSR count). The van der Waals surface area contributed by atoms with Crippen LogP contribution in [0, 0.1) is 0 Å². The molecule has 1 aliphatic carbocycles. The van der Waals surface area contributed by atoms with Crippen LogP contribution in [0.3, 0.4) is 0 Å². The zero-order valence-electron chi connectivity index (χ0n) is 10.6. The number of hydrogen-bond acceptors (Lipinski definition) is 5. The molecule has 96 valence electrons. The molecular weight excluding hydrogens is 234 g/mol. The van der Waals surface area contributed by atoms with E-state index in [2.05, 4.69) is 33.8 Å². The van der Waals surface area contributed by atoms with Crippen LogP contribution in [0.1, 0.15) is 31.1 Å². The first-order valence-corrected chi connectivity index (χ1v) is 7.12. The second kappa shape index (κ2) is 5.84. The Balaban J connectivity index is 1.89. The zero-order chi connectivity index (χ0) is 12.3. The van der Waals surface area contributed by atoms with E-state index in [4.69, 9.17) is 5.73 Å². The number of thioether (sulfide) groups is 1. The van der Waals surface area contributed by atoms with Gasteiger partial charge >= 0.3 is 0 Å². The van der Waals surface area contributed by atoms with Gasteiger partial charge in [0.2, 0.25) is 0 Å². The minimum absolute atomic E-state index is 0.488. The maximum Gasteiger partial charge on any atom is 0.191 e. The van der Waals surface area contributed by atoms with Gasteiger partial charge in [-0.05, 0) is 39.9 Å². The van der Waals surface area contributed by atoms with Gasteiger partial charge in [-0.25, -0.2) is 0 Å². The van der Waals surface area contributed by atoms with E-state index in [0.29, 0.717) is 12.6 Å². The van der Waals surface area contributed by atoms with Gasteiger partial charge in [0.15, 0.2) is 5.16 Å². The quantitative estimate of drug-likeness (QED) is 0.584. The summed E-state index contributed by atoms with van der Waals surface area (Å²) >= 11 is 1.80. The third-order valence-electron chi connectivity index (χ3n) is 2.81. The number of nitrogens with two attached hydrogens (primary N) is 1. The molecule has 0 saturated heterocycles. The summed E-state index contributed by atoms with van der Waals surface area (Å²) in [6.45, 7) is 1.61. The van der Waals surface area contributed by atoms with Crippen molar-refractivity contribution in [3.05, 3.63) is 5.82 Å². The molecule has 0 aliphatic heterocycles. The monoisotopic (exact) mass is 255 g/mol. The average molecular weight is 255 g/mol. The number of rotatable bonds is 7. The summed E-state index contributed by atoms with van der Waals surface area (Å²) in [6.07, 6.45) is 3.67. The maximum atomic E-state index is 5.68. The fourth-order valence-electron chi connectivity index (χ4n) is 1.79. The zero-order valence-corrected chi connectivity index (χ0v) is 11.4. The highest BCUT2D eigenvalue weighted by Crippen LogP contribution is 2.38. The largest absolute Gasteiger partial charge is 0.324 e. The summed E-state index contributed by atoms with van der Waals surface area (Å²) in [4.78, 5) is 2.21. The Kier molecular flexibility index (Phi) is 4.42. The minimum atomic E-state index is 0.488. The molecule has 6 heteroatoms. The van der Waals surface area contributed by atoms with Gasteiger partial charge in [0.25, 0.3) is 0 Å². The normalized spacial score (nSPS) is 15.8. The molecule has 0 radical (unpaired) electrons. The highest BCUT2D eigenvalue weighted by atomic mass is 32.2. The third kappa shape index (κ3) is 3.43. The smallest absolute Gasteiger partial charge is 0.191 e. The minimum Gasteiger partial charge on any atom is -0.324 e. The lowest BCUT2D eigenvalue weighted by molar-refractivity contribution is 0.410. The van der Waals surface area contributed by atoms with Crippen molar-refractivity contribution >= 4 is 11.8 Å². The van der Waals surface area contributed by atoms with Crippen LogP contribution in [0.15, 0.2) is 5.16 Å². The molecule has 0 spiro atoms. The Labute approximate surface area is 107 Å². The van der Waals surface area contributed by atoms with E-state index in [-0.39, 0.29) is 0 Å². The van der Waals surface area contributed by atoms with E-state index in [1.165, 1.54) is 19.3 Å². The van der Waals surface area contributed by atoms with Crippen molar-refractivity contribution in [3.8, 4) is 0 Å². The van der Waals surface area contributed by atoms with Crippen molar-refractivity contribution in [1.82, 2.24) is 19.7 Å². The fourth-order valence-corrected chi connectivity index (χ4v) is 2.74. The van der Waals surface area contributed by atoms with Crippen LogP contribution in [0.4, 0.5) is 0 Å². The average Bonchev–Trinajstić information content (AvgIpc) is 3.05. The lowest BCUT2D eigenvalue weighted by Gasteiger charge is -2.09. The van der Waals surface area contributed by atoms with Crippen LogP contribution in [0.2, 0.25) is 0 Å². The van der Waals surface area contributed by atoms with Crippen LogP contribution in [-0.2, 0) is 6.54 Å². The van der Waals surface area contributed by atoms with Crippen LogP contribution in [-0.4, -0.2) is 46.1 Å². The van der Waals surface area contributed by atoms with E-state index in [9.17, 15) is 0 Å². The molecular formula is C11H21N5S. The molecule has 1 saturated carbocycles. The first kappa shape index (κ1) is 12.9. The van der Waals surface area contributed by atoms with Gasteiger partial charge in [-0.2, -0.15) is 0 Å². The summed E-state index contributed by atoms with van der Waals surface area (Å²) in [6, 6.07) is 0.611. The SMILES string of the molecule is CN(C)CCCSc1nnc(CN)n1C1CC1. The van der Waals surface area contributed by atoms with Crippen LogP contribution >= 0.6 is 11.8 Å². The van der Waals surface area contributed by atoms with Crippen molar-refractivity contribution in [3.63, 3.8) is 0 Å². The number of hydrogen-bond donors (Lipinski definition) is 1. The van der Waals surface area contributed by atoms with E-state index in [0.717, 1.165) is 23.3 Å². The first-order chi connectivity index (χ1) is 8.22. The van der Waals surface area contributed by atoms with Gasteiger partial charge < -0.3 is 15.2 Å². The number of nitrogens with zero attached hydrogens (tertiary/aromatic N) is 4. The molecule has 1 fully saturated rings. The van der Waals surface area contributed by atoms with Crippen LogP contribution in [0.25, 0.3) is 0 Å². The van der Waals surface area contributed by atoms with Crippen molar-refractivity contribution in [2.45, 2.75) is 37.0 Å². The lowest BCUT2D eigenvalue weighted by atomic mass is 10.5. The molecule has 2 N–H and O–H groups in total. The highest BCUT2D eigenvalue weighted by molar-refractivity contribution is 7.99. The van der Waals surface area contributed by atoms with Crippen LogP contribution < -0.4 is 5.73 Å². The Hall–Kier alpha value is -0.590. The summed E-state index contributed by atoms with van der Waals surface area (Å²) in [7, 11) is 4.20. The molecule has 5 nitrogen and oxygen atoms in total. The molecule has 17 heavy (non-hydrogen) atoms. The van der Waals surface area contributed by atoms with Gasteiger partial charge in [-0.1, -0.05) is 11.8 Å². The van der Waals surface area contributed by atoms with E-state index in [1.54, 1.807) is 11.8 Å². The van der Waals surface area contributed by atoms with E-state index >= 15 is 0 Å². The predicted molar refractivity (Wildman–Crippen MR) is 70.1 cm³/mol. The molecule has 0 atom stereocenters. The summed E-state index contributed by atoms with van der Waals surface area (Å²) in [5, 5.41) is 9.46. The first-order valence-electron chi connectivity index (χ1n) is 6.13. The molecule has 0 amide bonds. The second-order valence-corrected chi connectivity index (χ2v) is 5.77. The Morgan fingerprint density at radius 2 is 2.18 bits per heavy atom. The van der Waals surface area contributed by atoms with Crippen LogP contribution in [0.5, 0.6) is 0 Å². The van der Waals surface area contributed by atoms with Gasteiger partial charge in [0.05, 0.1) is 6.54 Å². The third-order valence-corrected chi connectivity index (χ3v) is 3.84. The maximum absolute atomic E-state index is 5.68. The van der Waals surface area contributed by atoms with Crippen molar-refractivity contribution in [2.24, 2.45) is 5.73 Å².